The second kappa shape index (κ2) is 8.11. The Kier molecular flexibility index (Phi) is 5.15. The van der Waals surface area contributed by atoms with Crippen LogP contribution in [0.25, 0.3) is 11.0 Å². The monoisotopic (exact) mass is 418 g/mol. The van der Waals surface area contributed by atoms with Crippen LogP contribution in [0.2, 0.25) is 0 Å². The van der Waals surface area contributed by atoms with Crippen molar-refractivity contribution < 1.29 is 4.79 Å². The molecule has 0 spiro atoms. The zero-order valence-corrected chi connectivity index (χ0v) is 17.6. The molecule has 8 heteroatoms. The van der Waals surface area contributed by atoms with Gasteiger partial charge in [-0.2, -0.15) is 0 Å². The van der Waals surface area contributed by atoms with Crippen LogP contribution < -0.4 is 15.8 Å². The van der Waals surface area contributed by atoms with Gasteiger partial charge in [0.15, 0.2) is 0 Å². The number of nitrogens with one attached hydrogen (secondary N) is 2. The Hall–Kier alpha value is -3.26. The molecule has 1 saturated heterocycles. The summed E-state index contributed by atoms with van der Waals surface area (Å²) in [5.41, 5.74) is 6.48. The van der Waals surface area contributed by atoms with E-state index in [1.165, 1.54) is 0 Å². The van der Waals surface area contributed by atoms with Gasteiger partial charge in [0.25, 0.3) is 11.5 Å². The van der Waals surface area contributed by atoms with Crippen molar-refractivity contribution in [2.75, 3.05) is 38.1 Å². The smallest absolute Gasteiger partial charge is 0.269 e. The average Bonchev–Trinajstić information content (AvgIpc) is 3.30. The molecule has 1 amide bonds. The van der Waals surface area contributed by atoms with Crippen LogP contribution in [0, 0.1) is 0 Å². The number of amides is 1. The van der Waals surface area contributed by atoms with Crippen molar-refractivity contribution >= 4 is 22.6 Å². The fourth-order valence-electron chi connectivity index (χ4n) is 4.64. The second-order valence-electron chi connectivity index (χ2n) is 8.25. The third-order valence-electron chi connectivity index (χ3n) is 6.32. The third-order valence-corrected chi connectivity index (χ3v) is 6.32. The standard InChI is InChI=1S/C23H26N6O2/c1-24-23(31)19-6-5-16(13-25-19)29-9-7-28(8-10-29)14-15-11-20-21(26-12-15)17-3-2-4-18(17)22(30)27-20/h5-6,11-13H,2-4,7-10,14H2,1H3,(H,24,31)(H,27,30). The number of H-pyrrole nitrogens is 1. The highest BCUT2D eigenvalue weighted by Crippen LogP contribution is 2.25. The van der Waals surface area contributed by atoms with Gasteiger partial charge < -0.3 is 15.2 Å². The number of rotatable bonds is 4. The van der Waals surface area contributed by atoms with Crippen LogP contribution in [-0.4, -0.2) is 59.0 Å². The highest BCUT2D eigenvalue weighted by molar-refractivity contribution is 5.92. The van der Waals surface area contributed by atoms with Crippen molar-refractivity contribution in [2.45, 2.75) is 25.8 Å². The van der Waals surface area contributed by atoms with E-state index in [0.717, 1.165) is 85.4 Å². The van der Waals surface area contributed by atoms with Crippen molar-refractivity contribution in [1.29, 1.82) is 0 Å². The highest BCUT2D eigenvalue weighted by Gasteiger charge is 2.21. The average molecular weight is 419 g/mol. The van der Waals surface area contributed by atoms with Crippen molar-refractivity contribution in [1.82, 2.24) is 25.2 Å². The Balaban J connectivity index is 1.24. The molecule has 1 aliphatic heterocycles. The van der Waals surface area contributed by atoms with E-state index >= 15 is 0 Å². The molecule has 1 fully saturated rings. The van der Waals surface area contributed by atoms with Gasteiger partial charge in [0.1, 0.15) is 5.69 Å². The number of aromatic amines is 1. The summed E-state index contributed by atoms with van der Waals surface area (Å²) < 4.78 is 0. The molecule has 4 heterocycles. The highest BCUT2D eigenvalue weighted by atomic mass is 16.1. The number of hydrogen-bond donors (Lipinski definition) is 2. The zero-order chi connectivity index (χ0) is 21.4. The van der Waals surface area contributed by atoms with Crippen LogP contribution in [0.4, 0.5) is 5.69 Å². The predicted molar refractivity (Wildman–Crippen MR) is 120 cm³/mol. The fraction of sp³-hybridized carbons (Fsp3) is 0.391. The molecule has 2 aliphatic rings. The number of hydrogen-bond acceptors (Lipinski definition) is 6. The topological polar surface area (TPSA) is 94.2 Å². The maximum Gasteiger partial charge on any atom is 0.269 e. The Labute approximate surface area is 180 Å². The Bertz CT molecular complexity index is 1180. The third kappa shape index (κ3) is 3.79. The normalized spacial score (nSPS) is 16.5. The number of pyridine rings is 3. The van der Waals surface area contributed by atoms with Crippen molar-refractivity contribution in [3.8, 4) is 0 Å². The van der Waals surface area contributed by atoms with Gasteiger partial charge in [0.05, 0.1) is 22.9 Å². The van der Waals surface area contributed by atoms with E-state index in [0.29, 0.717) is 5.69 Å². The molecular formula is C23H26N6O2. The second-order valence-corrected chi connectivity index (χ2v) is 8.25. The minimum Gasteiger partial charge on any atom is -0.368 e. The SMILES string of the molecule is CNC(=O)c1ccc(N2CCN(Cc3cnc4c5c(c(=O)[nH]c4c3)CCC5)CC2)cn1. The maximum atomic E-state index is 12.3. The van der Waals surface area contributed by atoms with Crippen LogP contribution in [0.15, 0.2) is 35.4 Å². The number of anilines is 1. The molecular weight excluding hydrogens is 392 g/mol. The van der Waals surface area contributed by atoms with Gasteiger partial charge in [-0.15, -0.1) is 0 Å². The molecule has 5 rings (SSSR count). The van der Waals surface area contributed by atoms with Gasteiger partial charge in [-0.05, 0) is 48.6 Å². The molecule has 8 nitrogen and oxygen atoms in total. The number of carbonyl (C=O) groups is 1. The summed E-state index contributed by atoms with van der Waals surface area (Å²) in [6, 6.07) is 5.80. The Morgan fingerprint density at radius 1 is 1.10 bits per heavy atom. The first-order valence-electron chi connectivity index (χ1n) is 10.8. The van der Waals surface area contributed by atoms with Crippen LogP contribution in [0.5, 0.6) is 0 Å². The quantitative estimate of drug-likeness (QED) is 0.667. The first kappa shape index (κ1) is 19.7. The molecule has 1 aliphatic carbocycles. The molecule has 2 N–H and O–H groups in total. The number of carbonyl (C=O) groups excluding carboxylic acids is 1. The number of fused-ring (bicyclic) bond motifs is 3. The summed E-state index contributed by atoms with van der Waals surface area (Å²) in [5.74, 6) is -0.174. The van der Waals surface area contributed by atoms with Crippen LogP contribution in [0.1, 0.15) is 33.6 Å². The predicted octanol–water partition coefficient (Wildman–Crippen LogP) is 1.49. The maximum absolute atomic E-state index is 12.3. The summed E-state index contributed by atoms with van der Waals surface area (Å²) in [5, 5.41) is 2.59. The van der Waals surface area contributed by atoms with Gasteiger partial charge in [-0.25, -0.2) is 4.98 Å². The largest absolute Gasteiger partial charge is 0.368 e. The van der Waals surface area contributed by atoms with Crippen molar-refractivity contribution in [2.24, 2.45) is 0 Å². The lowest BCUT2D eigenvalue weighted by atomic mass is 10.1. The van der Waals surface area contributed by atoms with Crippen LogP contribution in [-0.2, 0) is 19.4 Å². The van der Waals surface area contributed by atoms with Crippen LogP contribution >= 0.6 is 0 Å². The van der Waals surface area contributed by atoms with Crippen molar-refractivity contribution in [3.63, 3.8) is 0 Å². The Morgan fingerprint density at radius 3 is 2.65 bits per heavy atom. The lowest BCUT2D eigenvalue weighted by Gasteiger charge is -2.36. The number of aromatic nitrogens is 3. The number of nitrogens with zero attached hydrogens (tertiary/aromatic N) is 4. The lowest BCUT2D eigenvalue weighted by molar-refractivity contribution is 0.0958. The van der Waals surface area contributed by atoms with E-state index < -0.39 is 0 Å². The van der Waals surface area contributed by atoms with E-state index in [1.54, 1.807) is 19.3 Å². The summed E-state index contributed by atoms with van der Waals surface area (Å²) >= 11 is 0. The van der Waals surface area contributed by atoms with Gasteiger partial charge >= 0.3 is 0 Å². The Morgan fingerprint density at radius 2 is 1.90 bits per heavy atom. The summed E-state index contributed by atoms with van der Waals surface area (Å²) in [7, 11) is 1.60. The van der Waals surface area contributed by atoms with Crippen molar-refractivity contribution in [3.05, 3.63) is 63.3 Å². The van der Waals surface area contributed by atoms with E-state index in [-0.39, 0.29) is 11.5 Å². The molecule has 3 aromatic rings. The molecule has 31 heavy (non-hydrogen) atoms. The van der Waals surface area contributed by atoms with Gasteiger partial charge in [-0.3, -0.25) is 19.5 Å². The van der Waals surface area contributed by atoms with E-state index in [9.17, 15) is 9.59 Å². The lowest BCUT2D eigenvalue weighted by Crippen LogP contribution is -2.46. The minimum atomic E-state index is -0.174. The molecule has 0 saturated carbocycles. The van der Waals surface area contributed by atoms with E-state index in [2.05, 4.69) is 31.2 Å². The number of aryl methyl sites for hydroxylation is 1. The molecule has 0 aromatic carbocycles. The van der Waals surface area contributed by atoms with Gasteiger partial charge in [0.2, 0.25) is 0 Å². The molecule has 0 bridgehead atoms. The number of piperazine rings is 1. The van der Waals surface area contributed by atoms with E-state index in [1.807, 2.05) is 12.3 Å². The molecule has 3 aromatic heterocycles. The summed E-state index contributed by atoms with van der Waals surface area (Å²) in [4.78, 5) is 40.7. The van der Waals surface area contributed by atoms with Crippen LogP contribution in [0.3, 0.4) is 0 Å². The van der Waals surface area contributed by atoms with E-state index in [4.69, 9.17) is 4.98 Å². The fourth-order valence-corrected chi connectivity index (χ4v) is 4.64. The molecule has 160 valence electrons. The zero-order valence-electron chi connectivity index (χ0n) is 17.6. The first-order chi connectivity index (χ1) is 15.1. The van der Waals surface area contributed by atoms with Gasteiger partial charge in [-0.1, -0.05) is 0 Å². The molecule has 0 radical (unpaired) electrons. The van der Waals surface area contributed by atoms with Gasteiger partial charge in [0, 0.05) is 51.5 Å². The summed E-state index contributed by atoms with van der Waals surface area (Å²) in [6.07, 6.45) is 6.56. The summed E-state index contributed by atoms with van der Waals surface area (Å²) in [6.45, 7) is 4.45. The molecule has 0 atom stereocenters. The first-order valence-corrected chi connectivity index (χ1v) is 10.8. The minimum absolute atomic E-state index is 0.0450. The molecule has 0 unspecified atom stereocenters.